The SMILES string of the molecule is CCCCCCC(CCCCCC)(CCCCCC)C(=O)OC(=O)CC(O)(CC(=O)O)C(=O)O. The molecule has 0 saturated heterocycles. The number of carboxylic acids is 2. The maximum atomic E-state index is 13.4. The van der Waals surface area contributed by atoms with Crippen molar-refractivity contribution in [2.45, 2.75) is 136 Å². The van der Waals surface area contributed by atoms with Gasteiger partial charge in [-0.1, -0.05) is 97.8 Å². The number of aliphatic carboxylic acids is 2. The van der Waals surface area contributed by atoms with Gasteiger partial charge in [0.2, 0.25) is 0 Å². The highest BCUT2D eigenvalue weighted by atomic mass is 16.6. The Morgan fingerprint density at radius 1 is 0.647 bits per heavy atom. The van der Waals surface area contributed by atoms with Crippen molar-refractivity contribution in [3.8, 4) is 0 Å². The van der Waals surface area contributed by atoms with Crippen LogP contribution in [0.5, 0.6) is 0 Å². The second-order valence-electron chi connectivity index (χ2n) is 9.56. The molecule has 0 bridgehead atoms. The van der Waals surface area contributed by atoms with E-state index in [1.54, 1.807) is 0 Å². The maximum Gasteiger partial charge on any atom is 0.336 e. The molecule has 0 saturated carbocycles. The molecule has 0 aromatic heterocycles. The van der Waals surface area contributed by atoms with E-state index in [0.717, 1.165) is 77.0 Å². The molecule has 0 heterocycles. The minimum absolute atomic E-state index is 0.593. The van der Waals surface area contributed by atoms with Crippen LogP contribution in [-0.4, -0.2) is 44.8 Å². The third kappa shape index (κ3) is 12.5. The van der Waals surface area contributed by atoms with Gasteiger partial charge in [-0.25, -0.2) is 4.79 Å². The molecule has 8 heteroatoms. The zero-order chi connectivity index (χ0) is 26.0. The van der Waals surface area contributed by atoms with Crippen LogP contribution in [0.1, 0.15) is 130 Å². The molecule has 8 nitrogen and oxygen atoms in total. The van der Waals surface area contributed by atoms with Gasteiger partial charge in [-0.15, -0.1) is 0 Å². The Morgan fingerprint density at radius 3 is 1.38 bits per heavy atom. The van der Waals surface area contributed by atoms with Crippen molar-refractivity contribution in [3.05, 3.63) is 0 Å². The normalized spacial score (nSPS) is 13.3. The van der Waals surface area contributed by atoms with Gasteiger partial charge in [0.05, 0.1) is 18.3 Å². The Morgan fingerprint density at radius 2 is 1.06 bits per heavy atom. The van der Waals surface area contributed by atoms with Gasteiger partial charge in [0.25, 0.3) is 0 Å². The highest BCUT2D eigenvalue weighted by Crippen LogP contribution is 2.39. The molecule has 3 N–H and O–H groups in total. The van der Waals surface area contributed by atoms with Crippen LogP contribution in [0.4, 0.5) is 0 Å². The first-order valence-electron chi connectivity index (χ1n) is 13.0. The minimum atomic E-state index is -2.82. The van der Waals surface area contributed by atoms with Crippen LogP contribution >= 0.6 is 0 Å². The van der Waals surface area contributed by atoms with E-state index in [9.17, 15) is 29.4 Å². The van der Waals surface area contributed by atoms with E-state index < -0.39 is 47.7 Å². The predicted molar refractivity (Wildman–Crippen MR) is 129 cm³/mol. The quantitative estimate of drug-likeness (QED) is 0.108. The Labute approximate surface area is 204 Å². The summed E-state index contributed by atoms with van der Waals surface area (Å²) in [4.78, 5) is 48.2. The molecular formula is C26H46O8. The molecule has 198 valence electrons. The fourth-order valence-corrected chi connectivity index (χ4v) is 4.30. The summed E-state index contributed by atoms with van der Waals surface area (Å²) >= 11 is 0. The van der Waals surface area contributed by atoms with Gasteiger partial charge < -0.3 is 20.1 Å². The third-order valence-electron chi connectivity index (χ3n) is 6.44. The number of hydrogen-bond acceptors (Lipinski definition) is 6. The molecule has 0 aliphatic rings. The summed E-state index contributed by atoms with van der Waals surface area (Å²) in [5.41, 5.74) is -3.66. The average Bonchev–Trinajstić information content (AvgIpc) is 2.75. The molecule has 0 aromatic rings. The summed E-state index contributed by atoms with van der Waals surface area (Å²) in [5.74, 6) is -5.30. The van der Waals surface area contributed by atoms with E-state index in [0.29, 0.717) is 19.3 Å². The van der Waals surface area contributed by atoms with Crippen molar-refractivity contribution in [2.75, 3.05) is 0 Å². The molecular weight excluding hydrogens is 440 g/mol. The molecule has 0 amide bonds. The molecule has 0 aliphatic carbocycles. The number of rotatable bonds is 21. The van der Waals surface area contributed by atoms with Crippen molar-refractivity contribution in [1.82, 2.24) is 0 Å². The minimum Gasteiger partial charge on any atom is -0.481 e. The first-order chi connectivity index (χ1) is 16.1. The van der Waals surface area contributed by atoms with E-state index in [1.807, 2.05) is 0 Å². The van der Waals surface area contributed by atoms with E-state index in [-0.39, 0.29) is 0 Å². The zero-order valence-corrected chi connectivity index (χ0v) is 21.4. The molecule has 0 fully saturated rings. The number of carboxylic acid groups (broad SMARTS) is 2. The van der Waals surface area contributed by atoms with E-state index in [4.69, 9.17) is 9.84 Å². The number of esters is 2. The van der Waals surface area contributed by atoms with Gasteiger partial charge in [-0.2, -0.15) is 0 Å². The Bertz CT molecular complexity index is 599. The van der Waals surface area contributed by atoms with Crippen LogP contribution in [0.25, 0.3) is 0 Å². The number of aliphatic hydroxyl groups is 1. The summed E-state index contributed by atoms with van der Waals surface area (Å²) < 4.78 is 5.12. The second-order valence-corrected chi connectivity index (χ2v) is 9.56. The third-order valence-corrected chi connectivity index (χ3v) is 6.44. The van der Waals surface area contributed by atoms with Crippen LogP contribution in [0.3, 0.4) is 0 Å². The average molecular weight is 487 g/mol. The summed E-state index contributed by atoms with van der Waals surface area (Å²) in [7, 11) is 0. The van der Waals surface area contributed by atoms with Gasteiger partial charge in [-0.3, -0.25) is 14.4 Å². The lowest BCUT2D eigenvalue weighted by Crippen LogP contribution is -2.44. The molecule has 0 spiro atoms. The van der Waals surface area contributed by atoms with Crippen molar-refractivity contribution in [1.29, 1.82) is 0 Å². The molecule has 0 rings (SSSR count). The lowest BCUT2D eigenvalue weighted by Gasteiger charge is -2.32. The topological polar surface area (TPSA) is 138 Å². The van der Waals surface area contributed by atoms with Crippen molar-refractivity contribution >= 4 is 23.9 Å². The number of ether oxygens (including phenoxy) is 1. The maximum absolute atomic E-state index is 13.4. The number of hydrogen-bond donors (Lipinski definition) is 3. The fraction of sp³-hybridized carbons (Fsp3) is 0.846. The number of unbranched alkanes of at least 4 members (excludes halogenated alkanes) is 9. The van der Waals surface area contributed by atoms with Crippen molar-refractivity contribution in [3.63, 3.8) is 0 Å². The molecule has 1 atom stereocenters. The molecule has 34 heavy (non-hydrogen) atoms. The van der Waals surface area contributed by atoms with E-state index >= 15 is 0 Å². The monoisotopic (exact) mass is 486 g/mol. The van der Waals surface area contributed by atoms with Crippen molar-refractivity contribution in [2.24, 2.45) is 5.41 Å². The van der Waals surface area contributed by atoms with Crippen LogP contribution in [0.15, 0.2) is 0 Å². The van der Waals surface area contributed by atoms with Crippen LogP contribution in [0, 0.1) is 5.41 Å². The smallest absolute Gasteiger partial charge is 0.336 e. The lowest BCUT2D eigenvalue weighted by molar-refractivity contribution is -0.178. The van der Waals surface area contributed by atoms with Crippen LogP contribution in [-0.2, 0) is 23.9 Å². The first kappa shape index (κ1) is 32.0. The Kier molecular flexibility index (Phi) is 16.5. The van der Waals surface area contributed by atoms with Gasteiger partial charge in [0.1, 0.15) is 0 Å². The summed E-state index contributed by atoms with van der Waals surface area (Å²) in [6.07, 6.45) is 11.2. The second kappa shape index (κ2) is 17.5. The van der Waals surface area contributed by atoms with E-state index in [1.165, 1.54) is 0 Å². The van der Waals surface area contributed by atoms with Crippen LogP contribution in [0.2, 0.25) is 0 Å². The summed E-state index contributed by atoms with van der Waals surface area (Å²) in [6.45, 7) is 6.32. The lowest BCUT2D eigenvalue weighted by atomic mass is 9.74. The zero-order valence-electron chi connectivity index (χ0n) is 21.4. The highest BCUT2D eigenvalue weighted by Gasteiger charge is 2.44. The summed E-state index contributed by atoms with van der Waals surface area (Å²) in [6, 6.07) is 0. The Balaban J connectivity index is 5.61. The Hall–Kier alpha value is -1.96. The first-order valence-corrected chi connectivity index (χ1v) is 13.0. The molecule has 0 aromatic carbocycles. The van der Waals surface area contributed by atoms with Gasteiger partial charge in [0.15, 0.2) is 5.60 Å². The highest BCUT2D eigenvalue weighted by molar-refractivity contribution is 5.93. The molecule has 0 radical (unpaired) electrons. The fourth-order valence-electron chi connectivity index (χ4n) is 4.30. The van der Waals surface area contributed by atoms with Gasteiger partial charge in [0, 0.05) is 0 Å². The molecule has 0 aliphatic heterocycles. The van der Waals surface area contributed by atoms with E-state index in [2.05, 4.69) is 20.8 Å². The predicted octanol–water partition coefficient (Wildman–Crippen LogP) is 5.63. The van der Waals surface area contributed by atoms with Gasteiger partial charge >= 0.3 is 23.9 Å². The standard InChI is InChI=1S/C26H46O8/c1-4-7-10-13-16-25(17-14-11-8-5-2,18-15-12-9-6-3)24(32)34-22(29)20-26(33,23(30)31)19-21(27)28/h33H,4-20H2,1-3H3,(H,27,28)(H,30,31). The van der Waals surface area contributed by atoms with Gasteiger partial charge in [-0.05, 0) is 19.3 Å². The number of carbonyl (C=O) groups excluding carboxylic acids is 2. The number of carbonyl (C=O) groups is 4. The summed E-state index contributed by atoms with van der Waals surface area (Å²) in [5, 5.41) is 28.3. The largest absolute Gasteiger partial charge is 0.481 e. The molecule has 1 unspecified atom stereocenters. The van der Waals surface area contributed by atoms with Crippen LogP contribution < -0.4 is 0 Å². The van der Waals surface area contributed by atoms with Crippen molar-refractivity contribution < 1.29 is 39.2 Å².